The van der Waals surface area contributed by atoms with Crippen LogP contribution in [-0.4, -0.2) is 73.4 Å². The van der Waals surface area contributed by atoms with Gasteiger partial charge >= 0.3 is 7.82 Å². The summed E-state index contributed by atoms with van der Waals surface area (Å²) < 4.78 is 23.6. The van der Waals surface area contributed by atoms with Gasteiger partial charge < -0.3 is 19.8 Å². The van der Waals surface area contributed by atoms with Gasteiger partial charge in [-0.3, -0.25) is 13.8 Å². The lowest BCUT2D eigenvalue weighted by molar-refractivity contribution is -0.870. The maximum absolute atomic E-state index is 13.0. The number of likely N-dealkylation sites (N-methyl/N-ethyl adjacent to an activating group) is 1. The van der Waals surface area contributed by atoms with Crippen LogP contribution in [0.2, 0.25) is 0 Å². The maximum atomic E-state index is 13.0. The highest BCUT2D eigenvalue weighted by Crippen LogP contribution is 2.43. The van der Waals surface area contributed by atoms with Gasteiger partial charge in [0.2, 0.25) is 5.91 Å². The molecule has 0 spiro atoms. The number of hydrogen-bond acceptors (Lipinski definition) is 5. The third kappa shape index (κ3) is 53.8. The number of phosphoric ester groups is 1. The zero-order valence-electron chi connectivity index (χ0n) is 46.0. The summed E-state index contributed by atoms with van der Waals surface area (Å²) in [4.78, 5) is 23.3. The summed E-state index contributed by atoms with van der Waals surface area (Å²) in [6, 6.07) is -0.863. The Bertz CT molecular complexity index is 1310. The lowest BCUT2D eigenvalue weighted by Crippen LogP contribution is -2.45. The summed E-state index contributed by atoms with van der Waals surface area (Å²) >= 11 is 0. The minimum Gasteiger partial charge on any atom is -0.387 e. The second kappa shape index (κ2) is 51.1. The van der Waals surface area contributed by atoms with E-state index >= 15 is 0 Å². The first-order valence-electron chi connectivity index (χ1n) is 29.2. The Morgan fingerprint density at radius 2 is 0.841 bits per heavy atom. The fraction of sp³-hybridized carbons (Fsp3) is 0.817. The number of phosphoric acid groups is 1. The number of allylic oxidation sites excluding steroid dienone is 9. The standard InChI is InChI=1S/C60H113N2O6P/c1-6-8-10-12-14-16-18-20-22-23-24-25-26-27-28-29-30-31-32-33-34-35-36-37-38-39-40-42-44-46-48-50-52-54-60(64)61-58(57-68-69(65,66)67-56-55-62(3,4)5)59(63)53-51-49-47-45-43-41-21-19-17-15-13-11-9-7-2/h18,20,23-24,26-27,43,45,51,53,58-59,63H,6-17,19,21-22,25,28-42,44,46-50,52,54-57H2,1-5H3,(H-,61,64,65,66)/p+1/b20-18-,24-23-,27-26-,45-43+,53-51+. The zero-order valence-corrected chi connectivity index (χ0v) is 46.9. The number of aliphatic hydroxyl groups excluding tert-OH is 1. The molecule has 0 aromatic carbocycles. The van der Waals surface area contributed by atoms with Gasteiger partial charge in [-0.25, -0.2) is 4.57 Å². The SMILES string of the molecule is CCCCCCC/C=C\C/C=C\C/C=C\CCCCCCCCCCCCCCCCCCCCC(=O)NC(COP(=O)(O)OCC[N+](C)(C)C)C(O)/C=C/CC/C=C/CCCCCCCCCC. The average molecular weight is 991 g/mol. The quantitative estimate of drug-likeness (QED) is 0.0243. The second-order valence-electron chi connectivity index (χ2n) is 21.0. The van der Waals surface area contributed by atoms with Crippen LogP contribution in [0.25, 0.3) is 0 Å². The van der Waals surface area contributed by atoms with E-state index in [4.69, 9.17) is 9.05 Å². The molecule has 0 rings (SSSR count). The van der Waals surface area contributed by atoms with E-state index in [2.05, 4.69) is 67.8 Å². The molecule has 3 N–H and O–H groups in total. The van der Waals surface area contributed by atoms with Crippen molar-refractivity contribution >= 4 is 13.7 Å². The molecule has 0 fully saturated rings. The Labute approximate surface area is 428 Å². The maximum Gasteiger partial charge on any atom is 0.472 e. The van der Waals surface area contributed by atoms with Crippen molar-refractivity contribution in [2.75, 3.05) is 40.9 Å². The van der Waals surface area contributed by atoms with Crippen molar-refractivity contribution in [3.05, 3.63) is 60.8 Å². The second-order valence-corrected chi connectivity index (χ2v) is 22.5. The van der Waals surface area contributed by atoms with Crippen LogP contribution in [0.4, 0.5) is 0 Å². The molecule has 0 bridgehead atoms. The third-order valence-electron chi connectivity index (χ3n) is 13.0. The number of unbranched alkanes of at least 4 members (excludes halogenated alkanes) is 32. The molecule has 0 heterocycles. The molecule has 3 atom stereocenters. The predicted molar refractivity (Wildman–Crippen MR) is 300 cm³/mol. The van der Waals surface area contributed by atoms with Crippen LogP contribution in [0.15, 0.2) is 60.8 Å². The van der Waals surface area contributed by atoms with Crippen LogP contribution >= 0.6 is 7.82 Å². The Balaban J connectivity index is 4.06. The minimum atomic E-state index is -4.35. The first-order valence-corrected chi connectivity index (χ1v) is 30.7. The van der Waals surface area contributed by atoms with Gasteiger partial charge in [0.25, 0.3) is 0 Å². The van der Waals surface area contributed by atoms with Gasteiger partial charge in [0.1, 0.15) is 13.2 Å². The van der Waals surface area contributed by atoms with Gasteiger partial charge in [-0.05, 0) is 70.6 Å². The monoisotopic (exact) mass is 990 g/mol. The molecule has 0 aliphatic heterocycles. The predicted octanol–water partition coefficient (Wildman–Crippen LogP) is 17.7. The summed E-state index contributed by atoms with van der Waals surface area (Å²) in [5.41, 5.74) is 0. The van der Waals surface area contributed by atoms with Crippen molar-refractivity contribution in [3.63, 3.8) is 0 Å². The molecule has 0 saturated heterocycles. The van der Waals surface area contributed by atoms with Crippen molar-refractivity contribution < 1.29 is 32.9 Å². The topological polar surface area (TPSA) is 105 Å². The van der Waals surface area contributed by atoms with Gasteiger partial charge in [-0.1, -0.05) is 248 Å². The minimum absolute atomic E-state index is 0.0557. The highest BCUT2D eigenvalue weighted by atomic mass is 31.2. The number of aliphatic hydroxyl groups is 1. The number of hydrogen-bond donors (Lipinski definition) is 3. The third-order valence-corrected chi connectivity index (χ3v) is 13.9. The van der Waals surface area contributed by atoms with Gasteiger partial charge in [0.15, 0.2) is 0 Å². The number of nitrogens with zero attached hydrogens (tertiary/aromatic N) is 1. The van der Waals surface area contributed by atoms with Crippen LogP contribution in [0.3, 0.4) is 0 Å². The zero-order chi connectivity index (χ0) is 50.6. The van der Waals surface area contributed by atoms with Crippen molar-refractivity contribution in [3.8, 4) is 0 Å². The Morgan fingerprint density at radius 1 is 0.493 bits per heavy atom. The molecule has 0 radical (unpaired) electrons. The van der Waals surface area contributed by atoms with E-state index in [0.29, 0.717) is 17.4 Å². The first kappa shape index (κ1) is 67.2. The van der Waals surface area contributed by atoms with E-state index in [0.717, 1.165) is 51.4 Å². The number of carbonyl (C=O) groups is 1. The van der Waals surface area contributed by atoms with Crippen molar-refractivity contribution in [1.82, 2.24) is 5.32 Å². The molecule has 0 aromatic rings. The van der Waals surface area contributed by atoms with Crippen LogP contribution < -0.4 is 5.32 Å². The van der Waals surface area contributed by atoms with E-state index in [9.17, 15) is 19.4 Å². The molecule has 3 unspecified atom stereocenters. The van der Waals surface area contributed by atoms with Gasteiger partial charge in [-0.2, -0.15) is 0 Å². The molecule has 0 saturated carbocycles. The van der Waals surface area contributed by atoms with E-state index in [1.54, 1.807) is 6.08 Å². The molecule has 9 heteroatoms. The smallest absolute Gasteiger partial charge is 0.387 e. The highest BCUT2D eigenvalue weighted by molar-refractivity contribution is 7.47. The molecule has 69 heavy (non-hydrogen) atoms. The summed E-state index contributed by atoms with van der Waals surface area (Å²) in [6.45, 7) is 4.79. The molecule has 0 aromatic heterocycles. The van der Waals surface area contributed by atoms with Gasteiger partial charge in [0, 0.05) is 6.42 Å². The van der Waals surface area contributed by atoms with Gasteiger partial charge in [-0.15, -0.1) is 0 Å². The van der Waals surface area contributed by atoms with Crippen molar-refractivity contribution in [1.29, 1.82) is 0 Å². The van der Waals surface area contributed by atoms with Crippen LogP contribution in [0.1, 0.15) is 264 Å². The normalized spacial score (nSPS) is 14.4. The molecule has 0 aliphatic carbocycles. The summed E-state index contributed by atoms with van der Waals surface area (Å²) in [7, 11) is 1.56. The lowest BCUT2D eigenvalue weighted by atomic mass is 10.0. The Hall–Kier alpha value is -1.80. The Kier molecular flexibility index (Phi) is 49.8. The highest BCUT2D eigenvalue weighted by Gasteiger charge is 2.27. The van der Waals surface area contributed by atoms with E-state index in [1.807, 2.05) is 27.2 Å². The van der Waals surface area contributed by atoms with Gasteiger partial charge in [0.05, 0.1) is 39.9 Å². The molecular formula is C60H114N2O6P+. The summed E-state index contributed by atoms with van der Waals surface area (Å²) in [6.07, 6.45) is 69.1. The van der Waals surface area contributed by atoms with E-state index < -0.39 is 20.0 Å². The number of rotatable bonds is 53. The molecule has 1 amide bonds. The first-order chi connectivity index (χ1) is 33.5. The number of quaternary nitrogens is 1. The number of nitrogens with one attached hydrogen (secondary N) is 1. The fourth-order valence-electron chi connectivity index (χ4n) is 8.36. The van der Waals surface area contributed by atoms with Crippen LogP contribution in [0.5, 0.6) is 0 Å². The molecule has 8 nitrogen and oxygen atoms in total. The average Bonchev–Trinajstić information content (AvgIpc) is 3.31. The lowest BCUT2D eigenvalue weighted by Gasteiger charge is -2.25. The van der Waals surface area contributed by atoms with Crippen LogP contribution in [0, 0.1) is 0 Å². The van der Waals surface area contributed by atoms with Crippen molar-refractivity contribution in [2.45, 2.75) is 276 Å². The summed E-state index contributed by atoms with van der Waals surface area (Å²) in [5, 5.41) is 13.9. The molecule has 0 aliphatic rings. The molecular weight excluding hydrogens is 876 g/mol. The molecule has 404 valence electrons. The van der Waals surface area contributed by atoms with Crippen LogP contribution in [-0.2, 0) is 18.4 Å². The number of carbonyl (C=O) groups excluding carboxylic acids is 1. The number of amides is 1. The largest absolute Gasteiger partial charge is 0.472 e. The van der Waals surface area contributed by atoms with Crippen molar-refractivity contribution in [2.24, 2.45) is 0 Å². The summed E-state index contributed by atoms with van der Waals surface area (Å²) in [5.74, 6) is -0.186. The van der Waals surface area contributed by atoms with E-state index in [1.165, 1.54) is 193 Å². The Morgan fingerprint density at radius 3 is 1.26 bits per heavy atom. The fourth-order valence-corrected chi connectivity index (χ4v) is 9.10. The van der Waals surface area contributed by atoms with E-state index in [-0.39, 0.29) is 19.1 Å².